The molecule has 0 aromatic heterocycles. The van der Waals surface area contributed by atoms with Gasteiger partial charge in [-0.2, -0.15) is 0 Å². The van der Waals surface area contributed by atoms with E-state index in [2.05, 4.69) is 69.1 Å². The molecule has 0 aliphatic carbocycles. The van der Waals surface area contributed by atoms with Crippen LogP contribution in [0.15, 0.2) is 42.1 Å². The number of nitrogens with zero attached hydrogens (tertiary/aromatic N) is 1. The fourth-order valence-corrected chi connectivity index (χ4v) is 12.0. The summed E-state index contributed by atoms with van der Waals surface area (Å²) >= 11 is 0. The zero-order valence-electron chi connectivity index (χ0n) is 64.5. The molecule has 2 saturated heterocycles. The number of carbonyl (C=O) groups excluding carboxylic acids is 14. The number of benzene rings is 1. The fourth-order valence-electron chi connectivity index (χ4n) is 12.0. The van der Waals surface area contributed by atoms with Gasteiger partial charge in [-0.05, 0) is 105 Å². The minimum absolute atomic E-state index is 0.0234. The Morgan fingerprint density at radius 2 is 1.12 bits per heavy atom. The van der Waals surface area contributed by atoms with Crippen molar-refractivity contribution >= 4 is 82.7 Å². The van der Waals surface area contributed by atoms with Gasteiger partial charge in [0.2, 0.25) is 76.8 Å². The summed E-state index contributed by atoms with van der Waals surface area (Å²) in [5.74, 6) is -14.5. The van der Waals surface area contributed by atoms with Gasteiger partial charge in [-0.15, -0.1) is 0 Å². The predicted octanol–water partition coefficient (Wildman–Crippen LogP) is 1.02. The van der Waals surface area contributed by atoms with Crippen LogP contribution >= 0.6 is 0 Å². The highest BCUT2D eigenvalue weighted by Crippen LogP contribution is 2.23. The molecule has 0 spiro atoms. The van der Waals surface area contributed by atoms with Crippen molar-refractivity contribution in [1.82, 2.24) is 74.0 Å². The molecule has 2 aliphatic heterocycles. The fraction of sp³-hybridized carbons (Fsp3) is 0.703. The summed E-state index contributed by atoms with van der Waals surface area (Å²) in [5.41, 5.74) is 6.37. The van der Waals surface area contributed by atoms with Crippen molar-refractivity contribution in [2.75, 3.05) is 19.6 Å². The molecule has 584 valence electrons. The molecule has 3 rings (SSSR count). The third-order valence-electron chi connectivity index (χ3n) is 19.0. The number of nitrogens with one attached hydrogen (secondary N) is 13. The zero-order chi connectivity index (χ0) is 78.6. The van der Waals surface area contributed by atoms with E-state index in [1.165, 1.54) is 24.8 Å². The van der Waals surface area contributed by atoms with Crippen LogP contribution in [0.5, 0.6) is 0 Å². The first kappa shape index (κ1) is 89.7. The van der Waals surface area contributed by atoms with Gasteiger partial charge in [0, 0.05) is 25.9 Å². The summed E-state index contributed by atoms with van der Waals surface area (Å²) in [6, 6.07) is -7.21. The maximum absolute atomic E-state index is 14.9. The van der Waals surface area contributed by atoms with Crippen molar-refractivity contribution in [3.63, 3.8) is 0 Å². The van der Waals surface area contributed by atoms with E-state index in [4.69, 9.17) is 5.73 Å². The second-order valence-corrected chi connectivity index (χ2v) is 29.9. The molecule has 0 radical (unpaired) electrons. The summed E-state index contributed by atoms with van der Waals surface area (Å²) in [6.45, 7) is 30.0. The average molecular weight is 1460 g/mol. The minimum atomic E-state index is -1.68. The summed E-state index contributed by atoms with van der Waals surface area (Å²) in [6.07, 6.45) is 2.72. The number of aliphatic hydroxyl groups is 1. The molecule has 16 N–H and O–H groups in total. The lowest BCUT2D eigenvalue weighted by molar-refractivity contribution is -0.144. The standard InChI is InChI=1S/C74H123N15O15/c1-19-44(16)59(71(101)80-51-37-76-67(97)54(39(6)7)82-62(92)48(21-3)77-64(94)50(36-47-29-23-22-24-30-47)79-68(98)56(41(10)11)83-72(102)60(45(17)20-2)87-65(51)95)86-63(93)49(31-26-34-75)78-66(96)52-32-27-35-89(52)74(104)58(43(14)15)85-70(100)57(42(12)13)84-73(103)61(46(18)90)88-69(99)55(40(8)9)81-53(91)33-25-28-38(4)5/h21-24,29-30,38-46,49-52,54-61,90H,19-20,25-28,31-37,75H2,1-18H3,(H,76,97)(H,77,94)(H,78,96)(H,79,98)(H,80,101)(H,81,91)(H,82,92)(H,83,102)(H,84,103)(H,85,100)(H,86,93)(H,87,95)(H,88,99)/b48-21-/t44-,45-,46-,49+,50+,51-,52-,54+,55-,56-,57+,58-,59-,60-,61+/m1/s1. The van der Waals surface area contributed by atoms with E-state index in [9.17, 15) is 72.2 Å². The van der Waals surface area contributed by atoms with Crippen LogP contribution in [0.1, 0.15) is 188 Å². The highest BCUT2D eigenvalue weighted by atomic mass is 16.3. The van der Waals surface area contributed by atoms with Crippen LogP contribution < -0.4 is 74.9 Å². The Morgan fingerprint density at radius 3 is 1.66 bits per heavy atom. The predicted molar refractivity (Wildman–Crippen MR) is 393 cm³/mol. The van der Waals surface area contributed by atoms with E-state index in [0.717, 1.165) is 6.42 Å². The summed E-state index contributed by atoms with van der Waals surface area (Å²) in [5, 5.41) is 45.9. The molecular weight excluding hydrogens is 1340 g/mol. The highest BCUT2D eigenvalue weighted by molar-refractivity contribution is 6.03. The van der Waals surface area contributed by atoms with Crippen molar-refractivity contribution in [2.24, 2.45) is 53.1 Å². The first-order valence-corrected chi connectivity index (χ1v) is 37.1. The van der Waals surface area contributed by atoms with Crippen LogP contribution in [0.3, 0.4) is 0 Å². The number of amides is 14. The second kappa shape index (κ2) is 43.7. The molecule has 104 heavy (non-hydrogen) atoms. The molecule has 15 atom stereocenters. The van der Waals surface area contributed by atoms with E-state index in [0.29, 0.717) is 30.7 Å². The van der Waals surface area contributed by atoms with Gasteiger partial charge in [0.15, 0.2) is 0 Å². The van der Waals surface area contributed by atoms with Crippen molar-refractivity contribution in [3.8, 4) is 0 Å². The molecule has 30 nitrogen and oxygen atoms in total. The molecule has 14 amide bonds. The van der Waals surface area contributed by atoms with Gasteiger partial charge in [-0.3, -0.25) is 67.1 Å². The third kappa shape index (κ3) is 27.5. The molecule has 0 bridgehead atoms. The smallest absolute Gasteiger partial charge is 0.268 e. The number of aliphatic hydroxyl groups excluding tert-OH is 1. The van der Waals surface area contributed by atoms with Crippen LogP contribution in [0.4, 0.5) is 0 Å². The van der Waals surface area contributed by atoms with Gasteiger partial charge in [0.1, 0.15) is 78.2 Å². The molecule has 2 heterocycles. The van der Waals surface area contributed by atoms with Crippen molar-refractivity contribution in [1.29, 1.82) is 0 Å². The van der Waals surface area contributed by atoms with Crippen molar-refractivity contribution in [2.45, 2.75) is 267 Å². The average Bonchev–Trinajstić information content (AvgIpc) is 0.953. The SMILES string of the molecule is C/C=C1\NC(=O)[C@H](Cc2ccccc2)NC(=O)[C@@H](C(C)C)NC(=O)[C@@H]([C@H](C)CC)NC(=O)[C@H](NC(=O)[C@H](NC(=O)[C@H](CCCN)NC(=O)[C@H]2CCCN2C(=O)[C@H](NC(=O)[C@@H](NC(=O)[C@@H](NC(=O)[C@H](NC(=O)CCCC(C)C)C(C)C)[C@@H](C)O)C(C)C)C(C)C)[C@H](C)CC)CNC(=O)[C@H](C(C)C)NC1=O. The Hall–Kier alpha value is -8.54. The number of carbonyl (C=O) groups is 14. The van der Waals surface area contributed by atoms with Crippen molar-refractivity contribution in [3.05, 3.63) is 47.7 Å². The molecular formula is C74H123N15O15. The van der Waals surface area contributed by atoms with Gasteiger partial charge in [-0.1, -0.05) is 166 Å². The number of rotatable bonds is 33. The number of likely N-dealkylation sites (tertiary alicyclic amines) is 1. The van der Waals surface area contributed by atoms with E-state index in [1.54, 1.807) is 127 Å². The Balaban J connectivity index is 1.97. The van der Waals surface area contributed by atoms with E-state index in [-0.39, 0.29) is 63.2 Å². The molecule has 1 aromatic carbocycles. The lowest BCUT2D eigenvalue weighted by Gasteiger charge is -2.33. The Labute approximate surface area is 614 Å². The number of hydrogen-bond donors (Lipinski definition) is 15. The maximum atomic E-state index is 14.9. The van der Waals surface area contributed by atoms with Gasteiger partial charge in [-0.25, -0.2) is 0 Å². The lowest BCUT2D eigenvalue weighted by Crippen LogP contribution is -2.64. The lowest BCUT2D eigenvalue weighted by atomic mass is 9.95. The molecule has 2 fully saturated rings. The van der Waals surface area contributed by atoms with Gasteiger partial charge < -0.3 is 84.9 Å². The zero-order valence-corrected chi connectivity index (χ0v) is 64.5. The van der Waals surface area contributed by atoms with Crippen molar-refractivity contribution < 1.29 is 72.2 Å². The maximum Gasteiger partial charge on any atom is 0.268 e. The van der Waals surface area contributed by atoms with Crippen LogP contribution in [0, 0.1) is 47.3 Å². The summed E-state index contributed by atoms with van der Waals surface area (Å²) in [4.78, 5) is 201. The highest BCUT2D eigenvalue weighted by Gasteiger charge is 2.44. The third-order valence-corrected chi connectivity index (χ3v) is 19.0. The normalized spacial score (nSPS) is 21.9. The molecule has 2 aliphatic rings. The van der Waals surface area contributed by atoms with Gasteiger partial charge in [0.05, 0.1) is 6.10 Å². The van der Waals surface area contributed by atoms with E-state index in [1.807, 2.05) is 13.8 Å². The van der Waals surface area contributed by atoms with Crippen LogP contribution in [-0.2, 0) is 73.5 Å². The molecule has 1 aromatic rings. The first-order valence-electron chi connectivity index (χ1n) is 37.1. The monoisotopic (exact) mass is 1460 g/mol. The largest absolute Gasteiger partial charge is 0.391 e. The Bertz CT molecular complexity index is 3120. The van der Waals surface area contributed by atoms with Crippen LogP contribution in [0.25, 0.3) is 0 Å². The Morgan fingerprint density at radius 1 is 0.587 bits per heavy atom. The quantitative estimate of drug-likeness (QED) is 0.0437. The molecule has 0 unspecified atom stereocenters. The number of hydrogen-bond acceptors (Lipinski definition) is 16. The summed E-state index contributed by atoms with van der Waals surface area (Å²) in [7, 11) is 0. The van der Waals surface area contributed by atoms with E-state index < -0.39 is 203 Å². The second-order valence-electron chi connectivity index (χ2n) is 29.9. The van der Waals surface area contributed by atoms with Gasteiger partial charge in [0.25, 0.3) is 5.91 Å². The topological polar surface area (TPSA) is 445 Å². The van der Waals surface area contributed by atoms with Crippen LogP contribution in [0.2, 0.25) is 0 Å². The number of allylic oxidation sites excluding steroid dienone is 1. The Kier molecular flexibility index (Phi) is 37.7. The molecule has 30 heteroatoms. The minimum Gasteiger partial charge on any atom is -0.391 e. The van der Waals surface area contributed by atoms with E-state index >= 15 is 0 Å². The van der Waals surface area contributed by atoms with Crippen LogP contribution in [-0.4, -0.2) is 191 Å². The summed E-state index contributed by atoms with van der Waals surface area (Å²) < 4.78 is 0. The first-order chi connectivity index (χ1) is 48.8. The molecule has 0 saturated carbocycles. The number of nitrogens with two attached hydrogens (primary N) is 1. The van der Waals surface area contributed by atoms with Gasteiger partial charge >= 0.3 is 0 Å².